The van der Waals surface area contributed by atoms with Crippen molar-refractivity contribution in [2.75, 3.05) is 39.2 Å². The number of halogens is 1. The average Bonchev–Trinajstić information content (AvgIpc) is 3.08. The Morgan fingerprint density at radius 3 is 2.73 bits per heavy atom. The number of methoxy groups -OCH3 is 1. The summed E-state index contributed by atoms with van der Waals surface area (Å²) in [6.07, 6.45) is 4.48. The molecule has 26 heavy (non-hydrogen) atoms. The summed E-state index contributed by atoms with van der Waals surface area (Å²) in [6, 6.07) is 3.53. The van der Waals surface area contributed by atoms with E-state index in [1.54, 1.807) is 24.1 Å². The average molecular weight is 392 g/mol. The first kappa shape index (κ1) is 18.5. The smallest absolute Gasteiger partial charge is 0.280 e. The van der Waals surface area contributed by atoms with E-state index in [0.29, 0.717) is 34.5 Å². The van der Waals surface area contributed by atoms with Gasteiger partial charge in [0.25, 0.3) is 5.91 Å². The number of amides is 1. The lowest BCUT2D eigenvalue weighted by atomic mass is 10.3. The van der Waals surface area contributed by atoms with Crippen LogP contribution in [0, 0.1) is 0 Å². The van der Waals surface area contributed by atoms with E-state index >= 15 is 0 Å². The second kappa shape index (κ2) is 7.94. The van der Waals surface area contributed by atoms with Gasteiger partial charge in [0.1, 0.15) is 17.0 Å². The molecule has 0 atom stereocenters. The molecule has 0 N–H and O–H groups in total. The number of carbonyl (C=O) groups is 1. The third-order valence-corrected chi connectivity index (χ3v) is 5.23. The normalized spacial score (nSPS) is 11.1. The second-order valence-electron chi connectivity index (χ2n) is 5.77. The van der Waals surface area contributed by atoms with Crippen molar-refractivity contribution in [3.63, 3.8) is 0 Å². The maximum Gasteiger partial charge on any atom is 0.280 e. The highest BCUT2D eigenvalue weighted by atomic mass is 35.5. The molecule has 0 aliphatic heterocycles. The van der Waals surface area contributed by atoms with Crippen LogP contribution in [0.3, 0.4) is 0 Å². The number of carbonyl (C=O) groups excluding carboxylic acids is 1. The fourth-order valence-electron chi connectivity index (χ4n) is 2.35. The number of thiazole rings is 1. The molecule has 0 spiro atoms. The van der Waals surface area contributed by atoms with Crippen LogP contribution in [-0.4, -0.2) is 60.1 Å². The Hall–Kier alpha value is -2.29. The predicted octanol–water partition coefficient (Wildman–Crippen LogP) is 2.96. The number of hydrogen-bond donors (Lipinski definition) is 0. The Morgan fingerprint density at radius 1 is 1.27 bits per heavy atom. The van der Waals surface area contributed by atoms with Crippen molar-refractivity contribution in [1.82, 2.24) is 19.9 Å². The number of benzene rings is 1. The molecule has 9 heteroatoms. The summed E-state index contributed by atoms with van der Waals surface area (Å²) in [6.45, 7) is 1.13. The second-order valence-corrected chi connectivity index (χ2v) is 7.16. The van der Waals surface area contributed by atoms with Crippen LogP contribution >= 0.6 is 22.9 Å². The van der Waals surface area contributed by atoms with Gasteiger partial charge >= 0.3 is 0 Å². The zero-order chi connectivity index (χ0) is 18.7. The number of rotatable bonds is 6. The van der Waals surface area contributed by atoms with Gasteiger partial charge in [0.2, 0.25) is 0 Å². The minimum absolute atomic E-state index is 0.255. The van der Waals surface area contributed by atoms with E-state index in [-0.39, 0.29) is 11.6 Å². The fourth-order valence-corrected chi connectivity index (χ4v) is 3.63. The number of aromatic nitrogens is 3. The van der Waals surface area contributed by atoms with Gasteiger partial charge in [-0.05, 0) is 26.2 Å². The minimum atomic E-state index is -0.255. The zero-order valence-corrected chi connectivity index (χ0v) is 16.2. The zero-order valence-electron chi connectivity index (χ0n) is 14.6. The van der Waals surface area contributed by atoms with Gasteiger partial charge in [-0.2, -0.15) is 0 Å². The van der Waals surface area contributed by atoms with Crippen molar-refractivity contribution in [2.45, 2.75) is 0 Å². The fraction of sp³-hybridized carbons (Fsp3) is 0.294. The van der Waals surface area contributed by atoms with Crippen LogP contribution in [0.25, 0.3) is 10.2 Å². The van der Waals surface area contributed by atoms with Crippen LogP contribution in [0.2, 0.25) is 5.02 Å². The quantitative estimate of drug-likeness (QED) is 0.643. The van der Waals surface area contributed by atoms with Gasteiger partial charge < -0.3 is 9.64 Å². The summed E-state index contributed by atoms with van der Waals surface area (Å²) in [5.41, 5.74) is 0.908. The summed E-state index contributed by atoms with van der Waals surface area (Å²) in [7, 11) is 5.47. The van der Waals surface area contributed by atoms with Gasteiger partial charge in [-0.1, -0.05) is 22.9 Å². The van der Waals surface area contributed by atoms with Gasteiger partial charge in [0.05, 0.1) is 23.0 Å². The van der Waals surface area contributed by atoms with Crippen LogP contribution in [-0.2, 0) is 0 Å². The van der Waals surface area contributed by atoms with Gasteiger partial charge in [-0.15, -0.1) is 0 Å². The van der Waals surface area contributed by atoms with Crippen molar-refractivity contribution in [2.24, 2.45) is 0 Å². The minimum Gasteiger partial charge on any atom is -0.494 e. The van der Waals surface area contributed by atoms with Crippen molar-refractivity contribution >= 4 is 44.2 Å². The van der Waals surface area contributed by atoms with E-state index in [2.05, 4.69) is 15.0 Å². The number of hydrogen-bond acceptors (Lipinski definition) is 7. The molecule has 7 nitrogen and oxygen atoms in total. The first-order chi connectivity index (χ1) is 12.5. The topological polar surface area (TPSA) is 71.5 Å². The van der Waals surface area contributed by atoms with E-state index in [1.807, 2.05) is 19.0 Å². The van der Waals surface area contributed by atoms with Crippen LogP contribution in [0.1, 0.15) is 10.5 Å². The molecule has 0 radical (unpaired) electrons. The molecule has 0 unspecified atom stereocenters. The van der Waals surface area contributed by atoms with Crippen molar-refractivity contribution in [3.05, 3.63) is 41.4 Å². The lowest BCUT2D eigenvalue weighted by Gasteiger charge is -2.21. The standard InChI is InChI=1S/C17H18ClN5O2S/c1-22(2)8-9-23(16(24)12-10-19-6-7-20-12)17-21-14-13(25-3)5-4-11(18)15(14)26-17/h4-7,10H,8-9H2,1-3H3. The Bertz CT molecular complexity index is 916. The molecular formula is C17H18ClN5O2S. The van der Waals surface area contributed by atoms with Gasteiger partial charge in [-0.25, -0.2) is 9.97 Å². The molecule has 136 valence electrons. The molecule has 0 saturated carbocycles. The number of anilines is 1. The van der Waals surface area contributed by atoms with Crippen LogP contribution in [0.15, 0.2) is 30.7 Å². The van der Waals surface area contributed by atoms with Crippen LogP contribution in [0.4, 0.5) is 5.13 Å². The molecule has 0 saturated heterocycles. The predicted molar refractivity (Wildman–Crippen MR) is 103 cm³/mol. The Kier molecular flexibility index (Phi) is 5.65. The van der Waals surface area contributed by atoms with Crippen LogP contribution < -0.4 is 9.64 Å². The van der Waals surface area contributed by atoms with E-state index in [9.17, 15) is 4.79 Å². The highest BCUT2D eigenvalue weighted by Crippen LogP contribution is 2.38. The Labute approximate surface area is 160 Å². The number of ether oxygens (including phenoxy) is 1. The summed E-state index contributed by atoms with van der Waals surface area (Å²) in [5.74, 6) is 0.362. The van der Waals surface area contributed by atoms with E-state index in [4.69, 9.17) is 16.3 Å². The SMILES string of the molecule is COc1ccc(Cl)c2sc(N(CCN(C)C)C(=O)c3cnccn3)nc12. The maximum absolute atomic E-state index is 13.0. The van der Waals surface area contributed by atoms with E-state index in [1.165, 1.54) is 29.9 Å². The Morgan fingerprint density at radius 2 is 2.08 bits per heavy atom. The summed E-state index contributed by atoms with van der Waals surface area (Å²) >= 11 is 7.66. The number of likely N-dealkylation sites (N-methyl/N-ethyl adjacent to an activating group) is 1. The first-order valence-corrected chi connectivity index (χ1v) is 9.06. The highest BCUT2D eigenvalue weighted by molar-refractivity contribution is 7.23. The Balaban J connectivity index is 2.05. The number of nitrogens with zero attached hydrogens (tertiary/aromatic N) is 5. The molecule has 2 aromatic heterocycles. The molecule has 0 aliphatic carbocycles. The van der Waals surface area contributed by atoms with Crippen molar-refractivity contribution < 1.29 is 9.53 Å². The third kappa shape index (κ3) is 3.77. The summed E-state index contributed by atoms with van der Waals surface area (Å²) in [5, 5.41) is 1.12. The lowest BCUT2D eigenvalue weighted by molar-refractivity contribution is 0.0980. The van der Waals surface area contributed by atoms with Crippen molar-refractivity contribution in [3.8, 4) is 5.75 Å². The van der Waals surface area contributed by atoms with Crippen LogP contribution in [0.5, 0.6) is 5.75 Å². The molecule has 1 amide bonds. The molecule has 1 aromatic carbocycles. The molecule has 0 aliphatic rings. The molecular weight excluding hydrogens is 374 g/mol. The molecule has 3 aromatic rings. The third-order valence-electron chi connectivity index (χ3n) is 3.70. The number of fused-ring (bicyclic) bond motifs is 1. The molecule has 0 fully saturated rings. The largest absolute Gasteiger partial charge is 0.494 e. The highest BCUT2D eigenvalue weighted by Gasteiger charge is 2.24. The van der Waals surface area contributed by atoms with E-state index in [0.717, 1.165) is 4.70 Å². The van der Waals surface area contributed by atoms with Gasteiger partial charge in [0.15, 0.2) is 5.13 Å². The van der Waals surface area contributed by atoms with Gasteiger partial charge in [0, 0.05) is 25.5 Å². The monoisotopic (exact) mass is 391 g/mol. The van der Waals surface area contributed by atoms with Crippen molar-refractivity contribution in [1.29, 1.82) is 0 Å². The van der Waals surface area contributed by atoms with E-state index < -0.39 is 0 Å². The summed E-state index contributed by atoms with van der Waals surface area (Å²) in [4.78, 5) is 29.3. The summed E-state index contributed by atoms with van der Waals surface area (Å²) < 4.78 is 6.15. The first-order valence-electron chi connectivity index (χ1n) is 7.87. The maximum atomic E-state index is 13.0. The lowest BCUT2D eigenvalue weighted by Crippen LogP contribution is -2.37. The van der Waals surface area contributed by atoms with Gasteiger partial charge in [-0.3, -0.25) is 14.7 Å². The molecule has 2 heterocycles. The molecule has 3 rings (SSSR count). The molecule has 0 bridgehead atoms.